The molecule has 0 amide bonds. The Bertz CT molecular complexity index is 325. The van der Waals surface area contributed by atoms with Crippen LogP contribution in [0.3, 0.4) is 0 Å². The van der Waals surface area contributed by atoms with Gasteiger partial charge in [-0.15, -0.1) is 11.8 Å². The van der Waals surface area contributed by atoms with Gasteiger partial charge in [-0.2, -0.15) is 0 Å². The molecule has 0 radical (unpaired) electrons. The Hall–Kier alpha value is -0.480. The number of hydrogen-bond donors (Lipinski definition) is 1. The summed E-state index contributed by atoms with van der Waals surface area (Å²) >= 11 is 4.94. The van der Waals surface area contributed by atoms with Gasteiger partial charge in [-0.05, 0) is 30.0 Å². The van der Waals surface area contributed by atoms with Crippen LogP contribution in [0.2, 0.25) is 0 Å². The molecule has 0 aromatic heterocycles. The van der Waals surface area contributed by atoms with E-state index < -0.39 is 5.97 Å². The zero-order valence-corrected chi connectivity index (χ0v) is 9.48. The summed E-state index contributed by atoms with van der Waals surface area (Å²) in [6, 6.07) is 5.69. The van der Waals surface area contributed by atoms with Gasteiger partial charge < -0.3 is 5.11 Å². The molecule has 0 fully saturated rings. The highest BCUT2D eigenvalue weighted by atomic mass is 79.9. The van der Waals surface area contributed by atoms with E-state index in [1.165, 1.54) is 0 Å². The Morgan fingerprint density at radius 3 is 2.77 bits per heavy atom. The molecule has 13 heavy (non-hydrogen) atoms. The Morgan fingerprint density at radius 1 is 1.54 bits per heavy atom. The van der Waals surface area contributed by atoms with Crippen molar-refractivity contribution < 1.29 is 9.90 Å². The number of halogens is 1. The fourth-order valence-electron chi connectivity index (χ4n) is 1.02. The largest absolute Gasteiger partial charge is 0.481 e. The van der Waals surface area contributed by atoms with Crippen LogP contribution in [0.15, 0.2) is 27.6 Å². The van der Waals surface area contributed by atoms with Gasteiger partial charge in [0.15, 0.2) is 0 Å². The molecule has 70 valence electrons. The third kappa shape index (κ3) is 3.40. The van der Waals surface area contributed by atoms with E-state index in [0.29, 0.717) is 0 Å². The van der Waals surface area contributed by atoms with Crippen molar-refractivity contribution in [3.63, 3.8) is 0 Å². The van der Waals surface area contributed by atoms with Crippen LogP contribution in [0.5, 0.6) is 0 Å². The molecule has 1 aromatic rings. The maximum absolute atomic E-state index is 10.5. The average Bonchev–Trinajstić information content (AvgIpc) is 2.01. The lowest BCUT2D eigenvalue weighted by Gasteiger charge is -2.02. The van der Waals surface area contributed by atoms with Gasteiger partial charge in [-0.1, -0.05) is 15.9 Å². The second kappa shape index (κ2) is 4.67. The predicted octanol–water partition coefficient (Wildman–Crippen LogP) is 2.80. The van der Waals surface area contributed by atoms with E-state index in [4.69, 9.17) is 5.11 Å². The molecule has 0 aliphatic rings. The van der Waals surface area contributed by atoms with Gasteiger partial charge in [0.25, 0.3) is 0 Å². The molecule has 0 aliphatic carbocycles. The third-order valence-electron chi connectivity index (χ3n) is 1.52. The SMILES string of the molecule is CSc1cc(Br)cc(CC(=O)O)c1. The molecule has 0 atom stereocenters. The highest BCUT2D eigenvalue weighted by molar-refractivity contribution is 9.10. The number of thioether (sulfide) groups is 1. The fourth-order valence-corrected chi connectivity index (χ4v) is 2.22. The number of carbonyl (C=O) groups is 1. The molecule has 2 nitrogen and oxygen atoms in total. The van der Waals surface area contributed by atoms with Crippen LogP contribution >= 0.6 is 27.7 Å². The second-order valence-corrected chi connectivity index (χ2v) is 4.37. The van der Waals surface area contributed by atoms with Crippen molar-refractivity contribution in [3.8, 4) is 0 Å². The standard InChI is InChI=1S/C9H9BrO2S/c1-13-8-3-6(4-9(11)12)2-7(10)5-8/h2-3,5H,4H2,1H3,(H,11,12). The lowest BCUT2D eigenvalue weighted by Crippen LogP contribution is -1.99. The van der Waals surface area contributed by atoms with Crippen molar-refractivity contribution in [2.45, 2.75) is 11.3 Å². The molecule has 0 spiro atoms. The van der Waals surface area contributed by atoms with Crippen molar-refractivity contribution in [1.29, 1.82) is 0 Å². The van der Waals surface area contributed by atoms with E-state index >= 15 is 0 Å². The van der Waals surface area contributed by atoms with Gasteiger partial charge in [0.05, 0.1) is 6.42 Å². The average molecular weight is 261 g/mol. The minimum Gasteiger partial charge on any atom is -0.481 e. The zero-order chi connectivity index (χ0) is 9.84. The van der Waals surface area contributed by atoms with Crippen LogP contribution in [0.25, 0.3) is 0 Å². The lowest BCUT2D eigenvalue weighted by atomic mass is 10.2. The summed E-state index contributed by atoms with van der Waals surface area (Å²) in [7, 11) is 0. The third-order valence-corrected chi connectivity index (χ3v) is 2.69. The van der Waals surface area contributed by atoms with Crippen molar-refractivity contribution in [1.82, 2.24) is 0 Å². The molecule has 0 saturated carbocycles. The second-order valence-electron chi connectivity index (χ2n) is 2.57. The number of carboxylic acid groups (broad SMARTS) is 1. The molecule has 0 saturated heterocycles. The summed E-state index contributed by atoms with van der Waals surface area (Å²) in [4.78, 5) is 11.5. The number of carboxylic acids is 1. The highest BCUT2D eigenvalue weighted by Crippen LogP contribution is 2.22. The summed E-state index contributed by atoms with van der Waals surface area (Å²) in [6.45, 7) is 0. The topological polar surface area (TPSA) is 37.3 Å². The first-order valence-corrected chi connectivity index (χ1v) is 5.69. The summed E-state index contributed by atoms with van der Waals surface area (Å²) in [5.74, 6) is -0.801. The highest BCUT2D eigenvalue weighted by Gasteiger charge is 2.02. The normalized spacial score (nSPS) is 10.0. The summed E-state index contributed by atoms with van der Waals surface area (Å²) in [6.07, 6.45) is 2.04. The maximum Gasteiger partial charge on any atom is 0.307 e. The molecule has 1 aromatic carbocycles. The van der Waals surface area contributed by atoms with Gasteiger partial charge in [0, 0.05) is 9.37 Å². The molecular weight excluding hydrogens is 252 g/mol. The van der Waals surface area contributed by atoms with Gasteiger partial charge in [0.2, 0.25) is 0 Å². The number of rotatable bonds is 3. The Labute approximate surface area is 89.5 Å². The first-order valence-electron chi connectivity index (χ1n) is 3.67. The van der Waals surface area contributed by atoms with Gasteiger partial charge in [0.1, 0.15) is 0 Å². The van der Waals surface area contributed by atoms with Crippen LogP contribution in [-0.2, 0) is 11.2 Å². The van der Waals surface area contributed by atoms with E-state index in [1.807, 2.05) is 24.5 Å². The van der Waals surface area contributed by atoms with Crippen LogP contribution in [0.1, 0.15) is 5.56 Å². The lowest BCUT2D eigenvalue weighted by molar-refractivity contribution is -0.136. The monoisotopic (exact) mass is 260 g/mol. The van der Waals surface area contributed by atoms with Crippen molar-refractivity contribution in [2.75, 3.05) is 6.26 Å². The first kappa shape index (κ1) is 10.6. The van der Waals surface area contributed by atoms with E-state index in [0.717, 1.165) is 14.9 Å². The quantitative estimate of drug-likeness (QED) is 0.850. The van der Waals surface area contributed by atoms with Crippen molar-refractivity contribution in [2.24, 2.45) is 0 Å². The van der Waals surface area contributed by atoms with Gasteiger partial charge in [-0.3, -0.25) is 4.79 Å². The number of aliphatic carboxylic acids is 1. The minimum atomic E-state index is -0.801. The molecule has 0 aliphatic heterocycles. The van der Waals surface area contributed by atoms with Crippen molar-refractivity contribution >= 4 is 33.7 Å². The molecule has 0 heterocycles. The summed E-state index contributed by atoms with van der Waals surface area (Å²) in [5.41, 5.74) is 0.825. The van der Waals surface area contributed by atoms with Crippen molar-refractivity contribution in [3.05, 3.63) is 28.2 Å². The van der Waals surface area contributed by atoms with Crippen LogP contribution in [0.4, 0.5) is 0 Å². The predicted molar refractivity (Wildman–Crippen MR) is 57.3 cm³/mol. The fraction of sp³-hybridized carbons (Fsp3) is 0.222. The molecular formula is C9H9BrO2S. The van der Waals surface area contributed by atoms with Crippen LogP contribution in [0, 0.1) is 0 Å². The molecule has 1 N–H and O–H groups in total. The summed E-state index contributed by atoms with van der Waals surface area (Å²) < 4.78 is 0.926. The number of benzene rings is 1. The molecule has 0 unspecified atom stereocenters. The van der Waals surface area contributed by atoms with Crippen LogP contribution < -0.4 is 0 Å². The van der Waals surface area contributed by atoms with Gasteiger partial charge >= 0.3 is 5.97 Å². The Kier molecular flexibility index (Phi) is 3.81. The van der Waals surface area contributed by atoms with E-state index in [1.54, 1.807) is 11.8 Å². The summed E-state index contributed by atoms with van der Waals surface area (Å²) in [5, 5.41) is 8.60. The molecule has 4 heteroatoms. The zero-order valence-electron chi connectivity index (χ0n) is 7.08. The van der Waals surface area contributed by atoms with E-state index in [9.17, 15) is 4.79 Å². The number of hydrogen-bond acceptors (Lipinski definition) is 2. The van der Waals surface area contributed by atoms with Crippen LogP contribution in [-0.4, -0.2) is 17.3 Å². The van der Waals surface area contributed by atoms with Gasteiger partial charge in [-0.25, -0.2) is 0 Å². The maximum atomic E-state index is 10.5. The first-order chi connectivity index (χ1) is 6.11. The molecule has 1 rings (SSSR count). The smallest absolute Gasteiger partial charge is 0.307 e. The Morgan fingerprint density at radius 2 is 2.23 bits per heavy atom. The minimum absolute atomic E-state index is 0.0764. The molecule has 0 bridgehead atoms. The van der Waals surface area contributed by atoms with E-state index in [2.05, 4.69) is 15.9 Å². The Balaban J connectivity index is 2.94. The van der Waals surface area contributed by atoms with E-state index in [-0.39, 0.29) is 6.42 Å².